The summed E-state index contributed by atoms with van der Waals surface area (Å²) in [5, 5.41) is 21.7. The maximum atomic E-state index is 13.5. The topological polar surface area (TPSA) is 144 Å². The lowest BCUT2D eigenvalue weighted by Gasteiger charge is -2.63. The number of carbonyl (C=O) groups is 2. The number of rotatable bonds is 10. The van der Waals surface area contributed by atoms with Gasteiger partial charge in [-0.1, -0.05) is 27.7 Å². The zero-order valence-electron chi connectivity index (χ0n) is 29.6. The maximum absolute atomic E-state index is 13.5. The van der Waals surface area contributed by atoms with E-state index in [-0.39, 0.29) is 34.7 Å². The summed E-state index contributed by atoms with van der Waals surface area (Å²) in [5.74, 6) is 0.365. The molecular weight excluding hydrogens is 634 g/mol. The minimum atomic E-state index is -1.12. The van der Waals surface area contributed by atoms with Crippen LogP contribution in [0.15, 0.2) is 54.9 Å². The molecule has 0 bridgehead atoms. The molecule has 3 aliphatic rings. The number of benzene rings is 2. The second kappa shape index (κ2) is 14.2. The molecule has 0 spiro atoms. The van der Waals surface area contributed by atoms with E-state index in [0.717, 1.165) is 70.0 Å². The van der Waals surface area contributed by atoms with Crippen molar-refractivity contribution in [3.05, 3.63) is 71.8 Å². The molecule has 264 valence electrons. The first-order valence-electron chi connectivity index (χ1n) is 17.3. The molecular formula is C38H47N7O5. The molecule has 2 N–H and O–H groups in total. The Labute approximate surface area is 294 Å². The molecule has 12 nitrogen and oxygen atoms in total. The molecule has 2 aromatic carbocycles. The molecule has 0 unspecified atom stereocenters. The van der Waals surface area contributed by atoms with E-state index in [9.17, 15) is 14.9 Å². The fourth-order valence-electron chi connectivity index (χ4n) is 8.33. The quantitative estimate of drug-likeness (QED) is 0.307. The monoisotopic (exact) mass is 681 g/mol. The molecule has 3 heterocycles. The number of nitrogens with one attached hydrogen (secondary N) is 1. The van der Waals surface area contributed by atoms with Crippen molar-refractivity contribution >= 4 is 23.3 Å². The van der Waals surface area contributed by atoms with Crippen molar-refractivity contribution in [1.29, 1.82) is 5.26 Å². The van der Waals surface area contributed by atoms with Gasteiger partial charge in [-0.25, -0.2) is 14.8 Å². The minimum absolute atomic E-state index is 0.0928. The van der Waals surface area contributed by atoms with Gasteiger partial charge in [0.2, 0.25) is 5.82 Å². The summed E-state index contributed by atoms with van der Waals surface area (Å²) < 4.78 is 11.8. The largest absolute Gasteiger partial charge is 0.495 e. The SMILES string of the molecule is COc1cc(OC2C(C)(C)C(NC(=O)c3ccc(N4CCC(CN5CCN(c6cnc(C(=O)O)nc6)CC5)CC4)cc3)C2(C)C)ccc1C#N. The summed E-state index contributed by atoms with van der Waals surface area (Å²) in [7, 11) is 1.54. The van der Waals surface area contributed by atoms with Crippen molar-refractivity contribution in [3.8, 4) is 17.6 Å². The van der Waals surface area contributed by atoms with Crippen LogP contribution < -0.4 is 24.6 Å². The number of hydrogen-bond acceptors (Lipinski definition) is 10. The average Bonchev–Trinajstić information content (AvgIpc) is 3.13. The number of hydrogen-bond donors (Lipinski definition) is 2. The van der Waals surface area contributed by atoms with Gasteiger partial charge < -0.3 is 29.7 Å². The van der Waals surface area contributed by atoms with Gasteiger partial charge in [-0.15, -0.1) is 0 Å². The lowest BCUT2D eigenvalue weighted by atomic mass is 9.49. The van der Waals surface area contributed by atoms with Crippen molar-refractivity contribution in [2.24, 2.45) is 16.7 Å². The molecule has 1 saturated carbocycles. The standard InChI is InChI=1S/C38H47N7O5/c1-37(2)35(38(3,4)36(37)50-30-11-8-27(21-39)31(20-30)49-5)42-33(46)26-6-9-28(10-7-26)44-14-12-25(13-15-44)24-43-16-18-45(19-17-43)29-22-40-32(34(47)48)41-23-29/h6-11,20,22-23,25,35-36H,12-19,24H2,1-5H3,(H,42,46)(H,47,48). The number of carbonyl (C=O) groups excluding carboxylic acids is 1. The van der Waals surface area contributed by atoms with Crippen molar-refractivity contribution in [1.82, 2.24) is 20.2 Å². The summed E-state index contributed by atoms with van der Waals surface area (Å²) >= 11 is 0. The summed E-state index contributed by atoms with van der Waals surface area (Å²) in [5.41, 5.74) is 2.44. The van der Waals surface area contributed by atoms with Gasteiger partial charge in [0.15, 0.2) is 0 Å². The zero-order chi connectivity index (χ0) is 35.6. The van der Waals surface area contributed by atoms with Crippen LogP contribution in [0.25, 0.3) is 0 Å². The van der Waals surface area contributed by atoms with Crippen LogP contribution in [0.2, 0.25) is 0 Å². The fourth-order valence-corrected chi connectivity index (χ4v) is 8.33. The third-order valence-electron chi connectivity index (χ3n) is 10.9. The molecule has 3 fully saturated rings. The Bertz CT molecular complexity index is 1710. The van der Waals surface area contributed by atoms with Crippen molar-refractivity contribution in [2.75, 3.05) is 62.7 Å². The summed E-state index contributed by atoms with van der Waals surface area (Å²) in [6.07, 6.45) is 5.28. The van der Waals surface area contributed by atoms with E-state index in [2.05, 4.69) is 75.9 Å². The van der Waals surface area contributed by atoms with Crippen LogP contribution in [0.5, 0.6) is 11.5 Å². The fraction of sp³-hybridized carbons (Fsp3) is 0.500. The summed E-state index contributed by atoms with van der Waals surface area (Å²) in [6, 6.07) is 15.2. The normalized spacial score (nSPS) is 21.8. The molecule has 3 aromatic rings. The Morgan fingerprint density at radius 2 is 1.54 bits per heavy atom. The maximum Gasteiger partial charge on any atom is 0.373 e. The number of methoxy groups -OCH3 is 1. The van der Waals surface area contributed by atoms with Crippen LogP contribution in [0.4, 0.5) is 11.4 Å². The van der Waals surface area contributed by atoms with E-state index < -0.39 is 5.97 Å². The van der Waals surface area contributed by atoms with Crippen LogP contribution in [0.1, 0.15) is 67.1 Å². The third-order valence-corrected chi connectivity index (χ3v) is 10.9. The van der Waals surface area contributed by atoms with Gasteiger partial charge in [-0.2, -0.15) is 5.26 Å². The average molecular weight is 682 g/mol. The van der Waals surface area contributed by atoms with Crippen molar-refractivity contribution in [3.63, 3.8) is 0 Å². The lowest BCUT2D eigenvalue weighted by molar-refractivity contribution is -0.164. The number of nitriles is 1. The molecule has 50 heavy (non-hydrogen) atoms. The molecule has 1 aromatic heterocycles. The Kier molecular flexibility index (Phi) is 9.89. The van der Waals surface area contributed by atoms with Crippen LogP contribution in [-0.4, -0.2) is 96.9 Å². The van der Waals surface area contributed by atoms with Crippen LogP contribution >= 0.6 is 0 Å². The van der Waals surface area contributed by atoms with Crippen molar-refractivity contribution < 1.29 is 24.2 Å². The number of piperazine rings is 1. The number of anilines is 2. The predicted molar refractivity (Wildman–Crippen MR) is 190 cm³/mol. The Hall–Kier alpha value is -4.89. The predicted octanol–water partition coefficient (Wildman–Crippen LogP) is 4.71. The molecule has 1 aliphatic carbocycles. The van der Waals surface area contributed by atoms with Gasteiger partial charge in [0.25, 0.3) is 5.91 Å². The highest BCUT2D eigenvalue weighted by atomic mass is 16.5. The molecule has 0 radical (unpaired) electrons. The molecule has 1 amide bonds. The van der Waals surface area contributed by atoms with E-state index in [1.807, 2.05) is 12.1 Å². The first kappa shape index (κ1) is 35.0. The summed E-state index contributed by atoms with van der Waals surface area (Å²) in [4.78, 5) is 39.6. The highest BCUT2D eigenvalue weighted by Crippen LogP contribution is 2.55. The first-order valence-corrected chi connectivity index (χ1v) is 17.3. The Morgan fingerprint density at radius 1 is 0.920 bits per heavy atom. The van der Waals surface area contributed by atoms with Crippen LogP contribution in [0.3, 0.4) is 0 Å². The molecule has 12 heteroatoms. The van der Waals surface area contributed by atoms with Crippen LogP contribution in [-0.2, 0) is 0 Å². The lowest BCUT2D eigenvalue weighted by Crippen LogP contribution is -2.74. The van der Waals surface area contributed by atoms with E-state index >= 15 is 0 Å². The number of aromatic nitrogens is 2. The first-order chi connectivity index (χ1) is 23.9. The van der Waals surface area contributed by atoms with Gasteiger partial charge in [0.1, 0.15) is 23.7 Å². The second-order valence-electron chi connectivity index (χ2n) is 14.9. The smallest absolute Gasteiger partial charge is 0.373 e. The number of aromatic carboxylic acids is 1. The third kappa shape index (κ3) is 7.05. The summed E-state index contributed by atoms with van der Waals surface area (Å²) in [6.45, 7) is 15.2. The Balaban J connectivity index is 0.963. The highest BCUT2D eigenvalue weighted by molar-refractivity contribution is 5.95. The number of piperidine rings is 1. The van der Waals surface area contributed by atoms with Gasteiger partial charge >= 0.3 is 5.97 Å². The number of ether oxygens (including phenoxy) is 2. The second-order valence-corrected chi connectivity index (χ2v) is 14.9. The number of carboxylic acid groups (broad SMARTS) is 1. The molecule has 2 aliphatic heterocycles. The molecule has 2 saturated heterocycles. The molecule has 0 atom stereocenters. The van der Waals surface area contributed by atoms with Gasteiger partial charge in [0, 0.05) is 80.0 Å². The number of amides is 1. The number of carboxylic acids is 1. The van der Waals surface area contributed by atoms with E-state index in [4.69, 9.17) is 14.6 Å². The zero-order valence-corrected chi connectivity index (χ0v) is 29.6. The van der Waals surface area contributed by atoms with Gasteiger partial charge in [0.05, 0.1) is 30.8 Å². The van der Waals surface area contributed by atoms with E-state index in [1.54, 1.807) is 30.6 Å². The Morgan fingerprint density at radius 3 is 2.12 bits per heavy atom. The van der Waals surface area contributed by atoms with E-state index in [0.29, 0.717) is 28.5 Å². The highest BCUT2D eigenvalue weighted by Gasteiger charge is 2.64. The van der Waals surface area contributed by atoms with Gasteiger partial charge in [-0.3, -0.25) is 9.69 Å². The minimum Gasteiger partial charge on any atom is -0.495 e. The molecule has 6 rings (SSSR count). The van der Waals surface area contributed by atoms with Gasteiger partial charge in [-0.05, 0) is 55.2 Å². The van der Waals surface area contributed by atoms with Crippen LogP contribution in [0, 0.1) is 28.1 Å². The van der Waals surface area contributed by atoms with E-state index in [1.165, 1.54) is 7.11 Å². The van der Waals surface area contributed by atoms with Crippen molar-refractivity contribution in [2.45, 2.75) is 52.7 Å². The number of nitrogens with zero attached hydrogens (tertiary/aromatic N) is 6.